The van der Waals surface area contributed by atoms with Gasteiger partial charge in [-0.3, -0.25) is 4.79 Å². The van der Waals surface area contributed by atoms with Crippen molar-refractivity contribution in [2.24, 2.45) is 7.05 Å². The molecule has 0 aliphatic heterocycles. The maximum absolute atomic E-state index is 12.3. The molecule has 1 N–H and O–H groups in total. The van der Waals surface area contributed by atoms with E-state index in [1.54, 1.807) is 0 Å². The number of aromatic nitrogens is 4. The average Bonchev–Trinajstić information content (AvgIpc) is 3.24. The minimum atomic E-state index is -0.222. The van der Waals surface area contributed by atoms with Gasteiger partial charge in [0.1, 0.15) is 5.82 Å². The molecule has 28 heavy (non-hydrogen) atoms. The molecular formula is C18H18Cl3N5OS. The predicted octanol–water partition coefficient (Wildman–Crippen LogP) is 4.92. The monoisotopic (exact) mass is 457 g/mol. The summed E-state index contributed by atoms with van der Waals surface area (Å²) in [4.78, 5) is 12.3. The van der Waals surface area contributed by atoms with Crippen LogP contribution in [-0.4, -0.2) is 31.0 Å². The van der Waals surface area contributed by atoms with Crippen molar-refractivity contribution in [2.75, 3.05) is 11.1 Å². The quantitative estimate of drug-likeness (QED) is 0.403. The summed E-state index contributed by atoms with van der Waals surface area (Å²) in [5, 5.41) is 13.0. The van der Waals surface area contributed by atoms with E-state index in [1.165, 1.54) is 23.9 Å². The van der Waals surface area contributed by atoms with Crippen molar-refractivity contribution in [2.45, 2.75) is 25.0 Å². The molecule has 3 rings (SSSR count). The Labute approximate surface area is 182 Å². The van der Waals surface area contributed by atoms with Gasteiger partial charge in [0.2, 0.25) is 5.91 Å². The van der Waals surface area contributed by atoms with Crippen LogP contribution in [0.1, 0.15) is 18.4 Å². The van der Waals surface area contributed by atoms with Gasteiger partial charge in [-0.05, 0) is 31.2 Å². The van der Waals surface area contributed by atoms with E-state index in [0.717, 1.165) is 18.1 Å². The summed E-state index contributed by atoms with van der Waals surface area (Å²) >= 11 is 19.3. The van der Waals surface area contributed by atoms with Gasteiger partial charge in [0.05, 0.1) is 26.5 Å². The maximum Gasteiger partial charge on any atom is 0.234 e. The Hall–Kier alpha value is -1.67. The van der Waals surface area contributed by atoms with E-state index in [4.69, 9.17) is 34.8 Å². The first kappa shape index (κ1) is 21.0. The second-order valence-electron chi connectivity index (χ2n) is 6.01. The number of aryl methyl sites for hydroxylation is 1. The van der Waals surface area contributed by atoms with Crippen LogP contribution in [0.2, 0.25) is 15.1 Å². The molecule has 0 atom stereocenters. The molecule has 3 aromatic rings. The minimum absolute atomic E-state index is 0.166. The molecule has 0 saturated heterocycles. The highest BCUT2D eigenvalue weighted by Gasteiger charge is 2.15. The number of carbonyl (C=O) groups is 1. The molecular weight excluding hydrogens is 441 g/mol. The lowest BCUT2D eigenvalue weighted by Crippen LogP contribution is -2.15. The number of hydrogen-bond acceptors (Lipinski definition) is 4. The van der Waals surface area contributed by atoms with Crippen LogP contribution in [0.25, 0.3) is 0 Å². The van der Waals surface area contributed by atoms with Gasteiger partial charge < -0.3 is 14.5 Å². The highest BCUT2D eigenvalue weighted by atomic mass is 35.5. The summed E-state index contributed by atoms with van der Waals surface area (Å²) < 4.78 is 4.06. The molecule has 0 bridgehead atoms. The van der Waals surface area contributed by atoms with E-state index >= 15 is 0 Å². The Morgan fingerprint density at radius 1 is 1.18 bits per heavy atom. The predicted molar refractivity (Wildman–Crippen MR) is 115 cm³/mol. The number of benzene rings is 1. The molecule has 0 aliphatic carbocycles. The van der Waals surface area contributed by atoms with Gasteiger partial charge in [-0.1, -0.05) is 46.6 Å². The van der Waals surface area contributed by atoms with Crippen molar-refractivity contribution >= 4 is 58.2 Å². The van der Waals surface area contributed by atoms with E-state index in [-0.39, 0.29) is 11.7 Å². The molecule has 10 heteroatoms. The number of hydrogen-bond donors (Lipinski definition) is 1. The first-order valence-corrected chi connectivity index (χ1v) is 10.6. The Morgan fingerprint density at radius 2 is 1.93 bits per heavy atom. The van der Waals surface area contributed by atoms with Gasteiger partial charge in [-0.2, -0.15) is 0 Å². The van der Waals surface area contributed by atoms with E-state index in [0.29, 0.717) is 32.3 Å². The average molecular weight is 459 g/mol. The first-order valence-electron chi connectivity index (χ1n) is 8.48. The lowest BCUT2D eigenvalue weighted by atomic mass is 10.3. The second-order valence-corrected chi connectivity index (χ2v) is 8.18. The van der Waals surface area contributed by atoms with Crippen LogP contribution < -0.4 is 5.32 Å². The van der Waals surface area contributed by atoms with Crippen molar-refractivity contribution in [3.05, 3.63) is 57.0 Å². The molecule has 0 radical (unpaired) electrons. The molecule has 0 saturated carbocycles. The minimum Gasteiger partial charge on any atom is -0.354 e. The molecule has 1 aromatic carbocycles. The molecule has 2 aromatic heterocycles. The molecule has 0 aliphatic rings. The lowest BCUT2D eigenvalue weighted by molar-refractivity contribution is -0.113. The number of anilines is 1. The summed E-state index contributed by atoms with van der Waals surface area (Å²) in [7, 11) is 2.00. The van der Waals surface area contributed by atoms with E-state index in [9.17, 15) is 4.79 Å². The topological polar surface area (TPSA) is 64.7 Å². The van der Waals surface area contributed by atoms with Crippen LogP contribution in [0.5, 0.6) is 0 Å². The van der Waals surface area contributed by atoms with Gasteiger partial charge >= 0.3 is 0 Å². The fourth-order valence-corrected chi connectivity index (χ4v) is 4.07. The largest absolute Gasteiger partial charge is 0.354 e. The summed E-state index contributed by atoms with van der Waals surface area (Å²) in [6, 6.07) is 7.07. The van der Waals surface area contributed by atoms with Crippen LogP contribution >= 0.6 is 46.6 Å². The van der Waals surface area contributed by atoms with Gasteiger partial charge in [0.25, 0.3) is 0 Å². The van der Waals surface area contributed by atoms with Crippen molar-refractivity contribution in [3.63, 3.8) is 0 Å². The lowest BCUT2D eigenvalue weighted by Gasteiger charge is -2.10. The Morgan fingerprint density at radius 3 is 2.61 bits per heavy atom. The zero-order valence-electron chi connectivity index (χ0n) is 15.2. The maximum atomic E-state index is 12.3. The number of amides is 1. The van der Waals surface area contributed by atoms with Gasteiger partial charge in [0.15, 0.2) is 5.16 Å². The second kappa shape index (κ2) is 9.22. The highest BCUT2D eigenvalue weighted by Crippen LogP contribution is 2.32. The molecule has 0 fully saturated rings. The third kappa shape index (κ3) is 4.84. The molecule has 0 spiro atoms. The van der Waals surface area contributed by atoms with Crippen LogP contribution in [0.3, 0.4) is 0 Å². The van der Waals surface area contributed by atoms with Crippen LogP contribution in [0.15, 0.2) is 35.6 Å². The zero-order chi connectivity index (χ0) is 20.3. The molecule has 148 valence electrons. The highest BCUT2D eigenvalue weighted by molar-refractivity contribution is 7.99. The van der Waals surface area contributed by atoms with Crippen molar-refractivity contribution in [1.82, 2.24) is 19.3 Å². The zero-order valence-corrected chi connectivity index (χ0v) is 18.3. The van der Waals surface area contributed by atoms with Crippen molar-refractivity contribution in [3.8, 4) is 0 Å². The van der Waals surface area contributed by atoms with Gasteiger partial charge in [-0.25, -0.2) is 0 Å². The van der Waals surface area contributed by atoms with Crippen LogP contribution in [0, 0.1) is 0 Å². The Kier molecular flexibility index (Phi) is 6.93. The van der Waals surface area contributed by atoms with E-state index in [1.807, 2.05) is 30.8 Å². The summed E-state index contributed by atoms with van der Waals surface area (Å²) in [5.74, 6) is 0.804. The number of halogens is 3. The SMILES string of the molecule is CCn1c(Cc2cccn2C)nnc1SCC(=O)Nc1cc(Cl)c(Cl)cc1Cl. The normalized spacial score (nSPS) is 11.0. The molecule has 2 heterocycles. The number of nitrogens with zero attached hydrogens (tertiary/aromatic N) is 4. The summed E-state index contributed by atoms with van der Waals surface area (Å²) in [5.41, 5.74) is 1.56. The molecule has 6 nitrogen and oxygen atoms in total. The number of thioether (sulfide) groups is 1. The van der Waals surface area contributed by atoms with E-state index in [2.05, 4.69) is 26.1 Å². The smallest absolute Gasteiger partial charge is 0.234 e. The Bertz CT molecular complexity index is 1000. The van der Waals surface area contributed by atoms with E-state index < -0.39 is 0 Å². The number of rotatable bonds is 7. The van der Waals surface area contributed by atoms with Gasteiger partial charge in [-0.15, -0.1) is 10.2 Å². The third-order valence-corrected chi connectivity index (χ3v) is 6.12. The van der Waals surface area contributed by atoms with Crippen molar-refractivity contribution < 1.29 is 4.79 Å². The van der Waals surface area contributed by atoms with Crippen LogP contribution in [-0.2, 0) is 24.8 Å². The molecule has 0 unspecified atom stereocenters. The number of carbonyl (C=O) groups excluding carboxylic acids is 1. The summed E-state index contributed by atoms with van der Waals surface area (Å²) in [6.07, 6.45) is 2.67. The fourth-order valence-electron chi connectivity index (χ4n) is 2.65. The molecule has 1 amide bonds. The van der Waals surface area contributed by atoms with Crippen molar-refractivity contribution in [1.29, 1.82) is 0 Å². The Balaban J connectivity index is 1.65. The fraction of sp³-hybridized carbons (Fsp3) is 0.278. The summed E-state index contributed by atoms with van der Waals surface area (Å²) in [6.45, 7) is 2.74. The van der Waals surface area contributed by atoms with Gasteiger partial charge in [0, 0.05) is 31.9 Å². The third-order valence-electron chi connectivity index (χ3n) is 4.12. The van der Waals surface area contributed by atoms with Crippen LogP contribution in [0.4, 0.5) is 5.69 Å². The first-order chi connectivity index (χ1) is 13.4. The standard InChI is InChI=1S/C18H18Cl3N5OS/c1-3-26-16(7-11-5-4-6-25(11)2)23-24-18(26)28-10-17(27)22-15-9-13(20)12(19)8-14(15)21/h4-6,8-9H,3,7,10H2,1-2H3,(H,22,27). The number of nitrogens with one attached hydrogen (secondary N) is 1.